The maximum Gasteiger partial charge on any atom is 0.247 e. The van der Waals surface area contributed by atoms with Crippen molar-refractivity contribution in [3.63, 3.8) is 0 Å². The number of nitrogens with one attached hydrogen (secondary N) is 1. The van der Waals surface area contributed by atoms with Crippen LogP contribution in [0.25, 0.3) is 0 Å². The molecule has 0 spiro atoms. The number of benzene rings is 2. The van der Waals surface area contributed by atoms with Crippen molar-refractivity contribution in [1.82, 2.24) is 10.2 Å². The zero-order valence-corrected chi connectivity index (χ0v) is 20.6. The van der Waals surface area contributed by atoms with Gasteiger partial charge < -0.3 is 19.7 Å². The first-order valence-electron chi connectivity index (χ1n) is 11.5. The minimum absolute atomic E-state index is 0.0464. The van der Waals surface area contributed by atoms with Crippen LogP contribution in [0.2, 0.25) is 0 Å². The number of alkyl halides is 1. The van der Waals surface area contributed by atoms with E-state index in [0.29, 0.717) is 28.5 Å². The van der Waals surface area contributed by atoms with Gasteiger partial charge in [0.25, 0.3) is 0 Å². The Labute approximate surface area is 205 Å². The fourth-order valence-electron chi connectivity index (χ4n) is 4.37. The zero-order chi connectivity index (χ0) is 24.7. The number of nitrogens with zero attached hydrogens (tertiary/aromatic N) is 1. The smallest absolute Gasteiger partial charge is 0.247 e. The third kappa shape index (κ3) is 6.41. The molecule has 34 heavy (non-hydrogen) atoms. The van der Waals surface area contributed by atoms with Gasteiger partial charge in [0, 0.05) is 12.6 Å². The summed E-state index contributed by atoms with van der Waals surface area (Å²) >= 11 is 5.96. The van der Waals surface area contributed by atoms with Crippen LogP contribution >= 0.6 is 11.6 Å². The molecule has 1 aliphatic carbocycles. The maximum atomic E-state index is 13.7. The molecule has 2 amide bonds. The van der Waals surface area contributed by atoms with E-state index in [0.717, 1.165) is 25.7 Å². The molecule has 0 aliphatic heterocycles. The topological polar surface area (TPSA) is 67.9 Å². The molecule has 0 heterocycles. The van der Waals surface area contributed by atoms with E-state index in [1.54, 1.807) is 30.3 Å². The van der Waals surface area contributed by atoms with Crippen LogP contribution in [0.3, 0.4) is 0 Å². The number of methoxy groups -OCH3 is 2. The van der Waals surface area contributed by atoms with Gasteiger partial charge in [-0.3, -0.25) is 9.59 Å². The van der Waals surface area contributed by atoms with E-state index in [9.17, 15) is 14.0 Å². The van der Waals surface area contributed by atoms with Gasteiger partial charge in [0.15, 0.2) is 11.5 Å². The minimum Gasteiger partial charge on any atom is -0.493 e. The summed E-state index contributed by atoms with van der Waals surface area (Å²) in [6.45, 7) is 2.31. The Kier molecular flexibility index (Phi) is 9.16. The lowest BCUT2D eigenvalue weighted by molar-refractivity contribution is -0.140. The molecule has 0 bridgehead atoms. The summed E-state index contributed by atoms with van der Waals surface area (Å²) in [6, 6.07) is 10.1. The van der Waals surface area contributed by atoms with Gasteiger partial charge in [0.05, 0.1) is 14.2 Å². The summed E-state index contributed by atoms with van der Waals surface area (Å²) in [5.41, 5.74) is 1.25. The second kappa shape index (κ2) is 12.1. The molecule has 1 fully saturated rings. The summed E-state index contributed by atoms with van der Waals surface area (Å²) < 4.78 is 24.2. The maximum absolute atomic E-state index is 13.7. The van der Waals surface area contributed by atoms with Gasteiger partial charge in [0.1, 0.15) is 17.7 Å². The molecule has 8 heteroatoms. The Morgan fingerprint density at radius 1 is 1.06 bits per heavy atom. The van der Waals surface area contributed by atoms with Crippen LogP contribution in [0.1, 0.15) is 49.8 Å². The number of ether oxygens (including phenoxy) is 2. The average Bonchev–Trinajstić information content (AvgIpc) is 2.85. The zero-order valence-electron chi connectivity index (χ0n) is 19.9. The lowest BCUT2D eigenvalue weighted by Gasteiger charge is -2.34. The summed E-state index contributed by atoms with van der Waals surface area (Å²) in [5.74, 6) is 0.247. The van der Waals surface area contributed by atoms with E-state index in [-0.39, 0.29) is 30.2 Å². The molecule has 2 aromatic rings. The van der Waals surface area contributed by atoms with Crippen molar-refractivity contribution in [2.24, 2.45) is 5.92 Å². The van der Waals surface area contributed by atoms with Crippen molar-refractivity contribution in [2.75, 3.05) is 20.1 Å². The summed E-state index contributed by atoms with van der Waals surface area (Å²) in [4.78, 5) is 28.1. The second-order valence-electron chi connectivity index (χ2n) is 8.76. The molecule has 2 aromatic carbocycles. The van der Waals surface area contributed by atoms with Crippen LogP contribution in [0.5, 0.6) is 11.5 Å². The normalized spacial score (nSPS) is 18.6. The summed E-state index contributed by atoms with van der Waals surface area (Å²) in [6.07, 6.45) is 3.89. The Balaban J connectivity index is 1.99. The molecule has 1 saturated carbocycles. The highest BCUT2D eigenvalue weighted by Crippen LogP contribution is 2.34. The van der Waals surface area contributed by atoms with Crippen LogP contribution in [-0.2, 0) is 16.1 Å². The molecule has 0 unspecified atom stereocenters. The Morgan fingerprint density at radius 3 is 2.29 bits per heavy atom. The quantitative estimate of drug-likeness (QED) is 0.510. The van der Waals surface area contributed by atoms with E-state index >= 15 is 0 Å². The van der Waals surface area contributed by atoms with Crippen molar-refractivity contribution in [2.45, 2.75) is 51.2 Å². The second-order valence-corrected chi connectivity index (χ2v) is 9.03. The third-order valence-electron chi connectivity index (χ3n) is 6.35. The number of carbonyl (C=O) groups is 2. The lowest BCUT2D eigenvalue weighted by atomic mass is 9.87. The number of rotatable bonds is 9. The van der Waals surface area contributed by atoms with Crippen LogP contribution in [0.15, 0.2) is 42.5 Å². The first-order chi connectivity index (χ1) is 16.4. The Hall–Kier alpha value is -2.80. The van der Waals surface area contributed by atoms with Crippen molar-refractivity contribution in [1.29, 1.82) is 0 Å². The van der Waals surface area contributed by atoms with Gasteiger partial charge in [-0.2, -0.15) is 0 Å². The third-order valence-corrected chi connectivity index (χ3v) is 6.58. The van der Waals surface area contributed by atoms with Gasteiger partial charge in [-0.05, 0) is 67.0 Å². The molecule has 1 atom stereocenters. The lowest BCUT2D eigenvalue weighted by Crippen LogP contribution is -2.47. The van der Waals surface area contributed by atoms with Crippen molar-refractivity contribution in [3.8, 4) is 11.5 Å². The van der Waals surface area contributed by atoms with Crippen molar-refractivity contribution >= 4 is 23.4 Å². The minimum atomic E-state index is -0.949. The predicted molar refractivity (Wildman–Crippen MR) is 130 cm³/mol. The van der Waals surface area contributed by atoms with Gasteiger partial charge >= 0.3 is 0 Å². The summed E-state index contributed by atoms with van der Waals surface area (Å²) in [7, 11) is 3.05. The average molecular weight is 491 g/mol. The van der Waals surface area contributed by atoms with Crippen molar-refractivity contribution in [3.05, 3.63) is 59.4 Å². The molecule has 0 aromatic heterocycles. The molecule has 6 nitrogen and oxygen atoms in total. The van der Waals surface area contributed by atoms with Crippen LogP contribution in [0.4, 0.5) is 4.39 Å². The largest absolute Gasteiger partial charge is 0.493 e. The van der Waals surface area contributed by atoms with Gasteiger partial charge in [-0.25, -0.2) is 4.39 Å². The molecule has 3 rings (SSSR count). The number of halogens is 2. The molecule has 1 N–H and O–H groups in total. The van der Waals surface area contributed by atoms with E-state index in [2.05, 4.69) is 12.2 Å². The number of hydrogen-bond acceptors (Lipinski definition) is 4. The highest BCUT2D eigenvalue weighted by Gasteiger charge is 2.33. The molecule has 0 radical (unpaired) electrons. The van der Waals surface area contributed by atoms with Crippen molar-refractivity contribution < 1.29 is 23.5 Å². The Bertz CT molecular complexity index is 977. The molecule has 0 saturated heterocycles. The standard InChI is InChI=1S/C26H32ClFN2O4/c1-17-4-11-21(12-5-17)29-26(32)25(19-8-13-22(33-2)23(14-19)34-3)30(24(31)15-27)16-18-6-9-20(28)10-7-18/h6-10,13-14,17,21,25H,4-5,11-12,15-16H2,1-3H3,(H,29,32)/t17?,21?,25-/m0/s1. The molecular formula is C26H32ClFN2O4. The fourth-order valence-corrected chi connectivity index (χ4v) is 4.52. The summed E-state index contributed by atoms with van der Waals surface area (Å²) in [5, 5.41) is 3.15. The highest BCUT2D eigenvalue weighted by molar-refractivity contribution is 6.27. The Morgan fingerprint density at radius 2 is 1.71 bits per heavy atom. The van der Waals surface area contributed by atoms with E-state index in [1.165, 1.54) is 31.3 Å². The highest BCUT2D eigenvalue weighted by atomic mass is 35.5. The van der Waals surface area contributed by atoms with E-state index < -0.39 is 11.9 Å². The molecule has 184 valence electrons. The molecule has 1 aliphatic rings. The van der Waals surface area contributed by atoms with Crippen LogP contribution in [0, 0.1) is 11.7 Å². The first kappa shape index (κ1) is 25.8. The van der Waals surface area contributed by atoms with Gasteiger partial charge in [-0.1, -0.05) is 25.1 Å². The number of carbonyl (C=O) groups excluding carboxylic acids is 2. The van der Waals surface area contributed by atoms with Gasteiger partial charge in [-0.15, -0.1) is 11.6 Å². The van der Waals surface area contributed by atoms with Gasteiger partial charge in [0.2, 0.25) is 11.8 Å². The van der Waals surface area contributed by atoms with Crippen LogP contribution < -0.4 is 14.8 Å². The van der Waals surface area contributed by atoms with Crippen LogP contribution in [-0.4, -0.2) is 42.9 Å². The number of hydrogen-bond donors (Lipinski definition) is 1. The SMILES string of the molecule is COc1ccc([C@@H](C(=O)NC2CCC(C)CC2)N(Cc2ccc(F)cc2)C(=O)CCl)cc1OC. The first-order valence-corrected chi connectivity index (χ1v) is 12.0. The van der Waals surface area contributed by atoms with E-state index in [4.69, 9.17) is 21.1 Å². The number of amides is 2. The predicted octanol–water partition coefficient (Wildman–Crippen LogP) is 4.85. The monoisotopic (exact) mass is 490 g/mol. The fraction of sp³-hybridized carbons (Fsp3) is 0.462. The van der Waals surface area contributed by atoms with E-state index in [1.807, 2.05) is 0 Å². The molecular weight excluding hydrogens is 459 g/mol.